The van der Waals surface area contributed by atoms with Gasteiger partial charge < -0.3 is 10.5 Å². The minimum atomic E-state index is 0.0564. The number of fused-ring (bicyclic) bond motifs is 1. The van der Waals surface area contributed by atoms with Crippen molar-refractivity contribution in [3.05, 3.63) is 52.1 Å². The molecular formula is C15H15BrN2O. The summed E-state index contributed by atoms with van der Waals surface area (Å²) in [6, 6.07) is 10.3. The highest BCUT2D eigenvalue weighted by Gasteiger charge is 2.22. The van der Waals surface area contributed by atoms with Gasteiger partial charge >= 0.3 is 0 Å². The Labute approximate surface area is 120 Å². The molecule has 98 valence electrons. The Balaban J connectivity index is 1.88. The third kappa shape index (κ3) is 2.59. The minimum Gasteiger partial charge on any atom is -0.468 e. The molecule has 0 aliphatic heterocycles. The molecule has 1 aliphatic rings. The maximum Gasteiger partial charge on any atom is 0.237 e. The molecule has 1 aliphatic carbocycles. The second kappa shape index (κ2) is 5.21. The number of hydrogen-bond acceptors (Lipinski definition) is 3. The van der Waals surface area contributed by atoms with Gasteiger partial charge in [-0.15, -0.1) is 0 Å². The maximum absolute atomic E-state index is 6.01. The molecule has 0 bridgehead atoms. The molecule has 4 heteroatoms. The van der Waals surface area contributed by atoms with Crippen molar-refractivity contribution in [1.82, 2.24) is 4.98 Å². The summed E-state index contributed by atoms with van der Waals surface area (Å²) in [5.41, 5.74) is 9.14. The molecule has 1 aromatic heterocycles. The monoisotopic (exact) mass is 318 g/mol. The Morgan fingerprint density at radius 2 is 2.16 bits per heavy atom. The van der Waals surface area contributed by atoms with E-state index in [2.05, 4.69) is 45.2 Å². The fourth-order valence-electron chi connectivity index (χ4n) is 2.51. The molecule has 2 aromatic rings. The average molecular weight is 319 g/mol. The van der Waals surface area contributed by atoms with Crippen LogP contribution in [-0.4, -0.2) is 4.98 Å². The van der Waals surface area contributed by atoms with Crippen molar-refractivity contribution in [3.63, 3.8) is 0 Å². The lowest BCUT2D eigenvalue weighted by atomic mass is 9.89. The van der Waals surface area contributed by atoms with Crippen LogP contribution in [0.25, 0.3) is 0 Å². The Hall–Kier alpha value is -1.55. The van der Waals surface area contributed by atoms with Gasteiger partial charge in [-0.05, 0) is 52.4 Å². The quantitative estimate of drug-likeness (QED) is 0.914. The summed E-state index contributed by atoms with van der Waals surface area (Å²) in [4.78, 5) is 4.25. The summed E-state index contributed by atoms with van der Waals surface area (Å²) in [6.07, 6.45) is 5.03. The highest BCUT2D eigenvalue weighted by atomic mass is 79.9. The fourth-order valence-corrected chi connectivity index (χ4v) is 2.86. The average Bonchev–Trinajstić information content (AvgIpc) is 2.42. The van der Waals surface area contributed by atoms with E-state index in [1.54, 1.807) is 6.20 Å². The molecule has 0 spiro atoms. The van der Waals surface area contributed by atoms with Crippen LogP contribution in [0.2, 0.25) is 0 Å². The molecule has 3 rings (SSSR count). The van der Waals surface area contributed by atoms with E-state index in [-0.39, 0.29) is 6.10 Å². The second-order valence-corrected chi connectivity index (χ2v) is 5.66. The Morgan fingerprint density at radius 3 is 3.00 bits per heavy atom. The fraction of sp³-hybridized carbons (Fsp3) is 0.267. The number of nitrogens with zero attached hydrogens (tertiary/aromatic N) is 1. The van der Waals surface area contributed by atoms with Crippen molar-refractivity contribution in [2.75, 3.05) is 5.73 Å². The summed E-state index contributed by atoms with van der Waals surface area (Å²) in [7, 11) is 0. The number of aromatic nitrogens is 1. The zero-order valence-corrected chi connectivity index (χ0v) is 12.1. The van der Waals surface area contributed by atoms with E-state index in [1.165, 1.54) is 11.1 Å². The number of aryl methyl sites for hydroxylation is 1. The van der Waals surface area contributed by atoms with Crippen molar-refractivity contribution in [2.24, 2.45) is 0 Å². The molecule has 0 saturated carbocycles. The number of anilines is 1. The van der Waals surface area contributed by atoms with Crippen LogP contribution in [0.15, 0.2) is 41.0 Å². The number of halogens is 1. The van der Waals surface area contributed by atoms with Crippen molar-refractivity contribution in [2.45, 2.75) is 25.4 Å². The van der Waals surface area contributed by atoms with Crippen LogP contribution in [0.5, 0.6) is 5.88 Å². The number of benzene rings is 1. The first-order chi connectivity index (χ1) is 9.24. The third-order valence-electron chi connectivity index (χ3n) is 3.41. The molecule has 0 radical (unpaired) electrons. The van der Waals surface area contributed by atoms with Crippen LogP contribution in [0.4, 0.5) is 5.69 Å². The first-order valence-corrected chi connectivity index (χ1v) is 7.19. The van der Waals surface area contributed by atoms with Gasteiger partial charge in [0, 0.05) is 10.7 Å². The molecule has 1 atom stereocenters. The summed E-state index contributed by atoms with van der Waals surface area (Å²) in [5, 5.41) is 0. The zero-order valence-electron chi connectivity index (χ0n) is 10.5. The van der Waals surface area contributed by atoms with Crippen LogP contribution in [0.3, 0.4) is 0 Å². The number of nitrogens with two attached hydrogens (primary N) is 1. The van der Waals surface area contributed by atoms with E-state index < -0.39 is 0 Å². The zero-order chi connectivity index (χ0) is 13.2. The molecule has 3 nitrogen and oxygen atoms in total. The number of hydrogen-bond donors (Lipinski definition) is 1. The Morgan fingerprint density at radius 1 is 1.32 bits per heavy atom. The van der Waals surface area contributed by atoms with Crippen molar-refractivity contribution < 1.29 is 4.74 Å². The predicted molar refractivity (Wildman–Crippen MR) is 79.1 cm³/mol. The van der Waals surface area contributed by atoms with E-state index in [4.69, 9.17) is 10.5 Å². The molecule has 1 aromatic carbocycles. The van der Waals surface area contributed by atoms with Gasteiger partial charge in [0.25, 0.3) is 0 Å². The van der Waals surface area contributed by atoms with Crippen LogP contribution in [0.1, 0.15) is 30.1 Å². The summed E-state index contributed by atoms with van der Waals surface area (Å²) in [6.45, 7) is 0. The van der Waals surface area contributed by atoms with Crippen LogP contribution < -0.4 is 10.5 Å². The van der Waals surface area contributed by atoms with Gasteiger partial charge in [0.2, 0.25) is 5.88 Å². The lowest BCUT2D eigenvalue weighted by molar-refractivity contribution is 0.177. The largest absolute Gasteiger partial charge is 0.468 e. The van der Waals surface area contributed by atoms with E-state index >= 15 is 0 Å². The van der Waals surface area contributed by atoms with E-state index in [0.717, 1.165) is 23.7 Å². The number of nitrogen functional groups attached to an aromatic ring is 1. The standard InChI is InChI=1S/C15H15BrN2O/c16-11-8-13(17)15(18-9-11)19-14-7-3-5-10-4-1-2-6-12(10)14/h1-2,4,6,8-9,14H,3,5,7,17H2. The van der Waals surface area contributed by atoms with E-state index in [0.29, 0.717) is 11.6 Å². The van der Waals surface area contributed by atoms with Gasteiger partial charge in [0.15, 0.2) is 0 Å². The third-order valence-corrected chi connectivity index (χ3v) is 3.85. The number of rotatable bonds is 2. The van der Waals surface area contributed by atoms with Crippen molar-refractivity contribution in [1.29, 1.82) is 0 Å². The SMILES string of the molecule is Nc1cc(Br)cnc1OC1CCCc2ccccc21. The Kier molecular flexibility index (Phi) is 3.42. The molecule has 2 N–H and O–H groups in total. The van der Waals surface area contributed by atoms with Gasteiger partial charge in [-0.3, -0.25) is 0 Å². The number of pyridine rings is 1. The highest BCUT2D eigenvalue weighted by molar-refractivity contribution is 9.10. The molecule has 1 heterocycles. The van der Waals surface area contributed by atoms with Gasteiger partial charge in [0.1, 0.15) is 6.10 Å². The van der Waals surface area contributed by atoms with Crippen LogP contribution in [-0.2, 0) is 6.42 Å². The lowest BCUT2D eigenvalue weighted by Crippen LogP contribution is -2.16. The topological polar surface area (TPSA) is 48.1 Å². The molecule has 0 saturated heterocycles. The van der Waals surface area contributed by atoms with E-state index in [1.807, 2.05) is 6.07 Å². The molecule has 0 fully saturated rings. The highest BCUT2D eigenvalue weighted by Crippen LogP contribution is 2.34. The summed E-state index contributed by atoms with van der Waals surface area (Å²) in [5.74, 6) is 0.518. The van der Waals surface area contributed by atoms with Gasteiger partial charge in [-0.25, -0.2) is 4.98 Å². The molecule has 1 unspecified atom stereocenters. The number of ether oxygens (including phenoxy) is 1. The lowest BCUT2D eigenvalue weighted by Gasteiger charge is -2.26. The van der Waals surface area contributed by atoms with Crippen molar-refractivity contribution >= 4 is 21.6 Å². The van der Waals surface area contributed by atoms with Gasteiger partial charge in [-0.2, -0.15) is 0 Å². The van der Waals surface area contributed by atoms with Crippen LogP contribution >= 0.6 is 15.9 Å². The summed E-state index contributed by atoms with van der Waals surface area (Å²) < 4.78 is 6.87. The maximum atomic E-state index is 6.01. The first-order valence-electron chi connectivity index (χ1n) is 6.39. The molecule has 19 heavy (non-hydrogen) atoms. The normalized spacial score (nSPS) is 17.8. The smallest absolute Gasteiger partial charge is 0.237 e. The first kappa shape index (κ1) is 12.5. The van der Waals surface area contributed by atoms with Gasteiger partial charge in [-0.1, -0.05) is 24.3 Å². The van der Waals surface area contributed by atoms with Crippen molar-refractivity contribution in [3.8, 4) is 5.88 Å². The van der Waals surface area contributed by atoms with Crippen LogP contribution in [0, 0.1) is 0 Å². The molecular weight excluding hydrogens is 304 g/mol. The van der Waals surface area contributed by atoms with E-state index in [9.17, 15) is 0 Å². The second-order valence-electron chi connectivity index (χ2n) is 4.75. The Bertz CT molecular complexity index is 600. The molecule has 0 amide bonds. The summed E-state index contributed by atoms with van der Waals surface area (Å²) >= 11 is 3.35. The predicted octanol–water partition coefficient (Wildman–Crippen LogP) is 3.88. The minimum absolute atomic E-state index is 0.0564. The van der Waals surface area contributed by atoms with Gasteiger partial charge in [0.05, 0.1) is 5.69 Å².